The van der Waals surface area contributed by atoms with E-state index in [1.807, 2.05) is 38.0 Å². The predicted molar refractivity (Wildman–Crippen MR) is 80.4 cm³/mol. The Kier molecular flexibility index (Phi) is 5.98. The lowest BCUT2D eigenvalue weighted by Crippen LogP contribution is -2.20. The molecule has 0 atom stereocenters. The van der Waals surface area contributed by atoms with Crippen molar-refractivity contribution in [1.29, 1.82) is 0 Å². The standard InChI is InChI=1S/C12H23N7/c1-6-7-8-13-9-14-10-15-11(18(2)3)17-12(16-10)19(4)5/h9H,6-8H2,1-5H3,(H,13,14,15,16,17). The molecule has 0 spiro atoms. The van der Waals surface area contributed by atoms with E-state index in [4.69, 9.17) is 0 Å². The van der Waals surface area contributed by atoms with Crippen molar-refractivity contribution >= 4 is 24.2 Å². The van der Waals surface area contributed by atoms with Gasteiger partial charge in [0.2, 0.25) is 17.8 Å². The second-order valence-corrected chi connectivity index (χ2v) is 4.58. The summed E-state index contributed by atoms with van der Waals surface area (Å²) >= 11 is 0. The van der Waals surface area contributed by atoms with E-state index in [9.17, 15) is 0 Å². The van der Waals surface area contributed by atoms with Crippen LogP contribution in [0.5, 0.6) is 0 Å². The lowest BCUT2D eigenvalue weighted by Gasteiger charge is -2.15. The molecule has 0 saturated carbocycles. The van der Waals surface area contributed by atoms with Crippen LogP contribution in [0, 0.1) is 0 Å². The Morgan fingerprint density at radius 3 is 2.11 bits per heavy atom. The van der Waals surface area contributed by atoms with Crippen molar-refractivity contribution in [2.75, 3.05) is 49.9 Å². The maximum Gasteiger partial charge on any atom is 0.234 e. The average Bonchev–Trinajstić information content (AvgIpc) is 2.38. The molecule has 0 fully saturated rings. The highest BCUT2D eigenvalue weighted by Gasteiger charge is 2.08. The summed E-state index contributed by atoms with van der Waals surface area (Å²) in [5, 5.41) is 2.99. The summed E-state index contributed by atoms with van der Waals surface area (Å²) in [4.78, 5) is 20.9. The van der Waals surface area contributed by atoms with E-state index in [0.29, 0.717) is 17.8 Å². The maximum atomic E-state index is 4.34. The molecule has 0 amide bonds. The summed E-state index contributed by atoms with van der Waals surface area (Å²) in [6.07, 6.45) is 3.86. The lowest BCUT2D eigenvalue weighted by atomic mass is 10.3. The van der Waals surface area contributed by atoms with Gasteiger partial charge >= 0.3 is 0 Å². The molecule has 1 rings (SSSR count). The first-order valence-corrected chi connectivity index (χ1v) is 6.40. The molecule has 1 N–H and O–H groups in total. The van der Waals surface area contributed by atoms with Crippen molar-refractivity contribution in [2.24, 2.45) is 4.99 Å². The zero-order valence-corrected chi connectivity index (χ0v) is 12.4. The molecular formula is C12H23N7. The number of hydrogen-bond acceptors (Lipinski definition) is 6. The molecule has 0 aromatic carbocycles. The third kappa shape index (κ3) is 5.07. The second kappa shape index (κ2) is 7.50. The molecule has 0 bridgehead atoms. The molecule has 0 aliphatic carbocycles. The average molecular weight is 265 g/mol. The Hall–Kier alpha value is -1.92. The first-order valence-electron chi connectivity index (χ1n) is 6.40. The van der Waals surface area contributed by atoms with Crippen molar-refractivity contribution in [3.8, 4) is 0 Å². The van der Waals surface area contributed by atoms with Crippen LogP contribution in [0.4, 0.5) is 17.8 Å². The monoisotopic (exact) mass is 265 g/mol. The summed E-state index contributed by atoms with van der Waals surface area (Å²) in [6, 6.07) is 0. The highest BCUT2D eigenvalue weighted by Crippen LogP contribution is 2.12. The molecule has 0 unspecified atom stereocenters. The summed E-state index contributed by atoms with van der Waals surface area (Å²) < 4.78 is 0. The minimum absolute atomic E-state index is 0.502. The van der Waals surface area contributed by atoms with Gasteiger partial charge in [0.1, 0.15) is 0 Å². The van der Waals surface area contributed by atoms with Gasteiger partial charge in [-0.05, 0) is 6.42 Å². The topological polar surface area (TPSA) is 69.5 Å². The minimum Gasteiger partial charge on any atom is -0.347 e. The van der Waals surface area contributed by atoms with Crippen molar-refractivity contribution in [2.45, 2.75) is 19.8 Å². The lowest BCUT2D eigenvalue weighted by molar-refractivity contribution is 0.810. The van der Waals surface area contributed by atoms with Crippen molar-refractivity contribution in [3.63, 3.8) is 0 Å². The van der Waals surface area contributed by atoms with Crippen LogP contribution < -0.4 is 15.1 Å². The second-order valence-electron chi connectivity index (χ2n) is 4.58. The van der Waals surface area contributed by atoms with Gasteiger partial charge in [-0.1, -0.05) is 13.3 Å². The Morgan fingerprint density at radius 1 is 1.05 bits per heavy atom. The fourth-order valence-electron chi connectivity index (χ4n) is 1.24. The van der Waals surface area contributed by atoms with Crippen LogP contribution >= 0.6 is 0 Å². The van der Waals surface area contributed by atoms with E-state index in [1.165, 1.54) is 0 Å². The number of unbranched alkanes of at least 4 members (excludes halogenated alkanes) is 1. The van der Waals surface area contributed by atoms with Gasteiger partial charge in [-0.2, -0.15) is 15.0 Å². The van der Waals surface area contributed by atoms with Gasteiger partial charge in [0.05, 0.1) is 6.34 Å². The maximum absolute atomic E-state index is 4.34. The van der Waals surface area contributed by atoms with Crippen molar-refractivity contribution < 1.29 is 0 Å². The van der Waals surface area contributed by atoms with Crippen molar-refractivity contribution in [3.05, 3.63) is 0 Å². The van der Waals surface area contributed by atoms with Gasteiger partial charge in [-0.15, -0.1) is 0 Å². The number of rotatable bonds is 7. The number of hydrogen-bond donors (Lipinski definition) is 1. The number of aromatic nitrogens is 3. The highest BCUT2D eigenvalue weighted by atomic mass is 15.3. The summed E-state index contributed by atoms with van der Waals surface area (Å²) in [7, 11) is 7.59. The van der Waals surface area contributed by atoms with Crippen LogP contribution in [-0.2, 0) is 0 Å². The number of anilines is 3. The quantitative estimate of drug-likeness (QED) is 0.454. The predicted octanol–water partition coefficient (Wildman–Crippen LogP) is 1.24. The molecule has 1 aromatic rings. The number of nitrogens with zero attached hydrogens (tertiary/aromatic N) is 6. The number of nitrogens with one attached hydrogen (secondary N) is 1. The van der Waals surface area contributed by atoms with E-state index in [0.717, 1.165) is 19.4 Å². The first kappa shape index (κ1) is 15.1. The fraction of sp³-hybridized carbons (Fsp3) is 0.667. The smallest absolute Gasteiger partial charge is 0.234 e. The Morgan fingerprint density at radius 2 is 1.63 bits per heavy atom. The molecule has 0 aliphatic heterocycles. The summed E-state index contributed by atoms with van der Waals surface area (Å²) in [5.74, 6) is 1.73. The first-order chi connectivity index (χ1) is 9.04. The fourth-order valence-corrected chi connectivity index (χ4v) is 1.24. The Bertz CT molecular complexity index is 388. The van der Waals surface area contributed by atoms with Crippen LogP contribution in [0.15, 0.2) is 4.99 Å². The van der Waals surface area contributed by atoms with Crippen LogP contribution in [0.1, 0.15) is 19.8 Å². The molecule has 7 heteroatoms. The van der Waals surface area contributed by atoms with Crippen molar-refractivity contribution in [1.82, 2.24) is 15.0 Å². The van der Waals surface area contributed by atoms with Gasteiger partial charge in [0.15, 0.2) is 0 Å². The normalized spacial score (nSPS) is 10.8. The molecular weight excluding hydrogens is 242 g/mol. The van der Waals surface area contributed by atoms with E-state index < -0.39 is 0 Å². The Labute approximate surface area is 114 Å². The van der Waals surface area contributed by atoms with E-state index in [1.54, 1.807) is 6.34 Å². The van der Waals surface area contributed by atoms with Crippen LogP contribution in [0.2, 0.25) is 0 Å². The van der Waals surface area contributed by atoms with Gasteiger partial charge in [-0.25, -0.2) is 0 Å². The molecule has 106 valence electrons. The van der Waals surface area contributed by atoms with Crippen LogP contribution in [0.25, 0.3) is 0 Å². The largest absolute Gasteiger partial charge is 0.347 e. The SMILES string of the molecule is CCCCN=CNc1nc(N(C)C)nc(N(C)C)n1. The molecule has 1 aromatic heterocycles. The molecule has 0 saturated heterocycles. The summed E-state index contributed by atoms with van der Waals surface area (Å²) in [5.41, 5.74) is 0. The van der Waals surface area contributed by atoms with Gasteiger partial charge in [-0.3, -0.25) is 4.99 Å². The zero-order valence-electron chi connectivity index (χ0n) is 12.4. The van der Waals surface area contributed by atoms with Gasteiger partial charge in [0.25, 0.3) is 0 Å². The molecule has 19 heavy (non-hydrogen) atoms. The highest BCUT2D eigenvalue weighted by molar-refractivity contribution is 5.72. The Balaban J connectivity index is 2.79. The molecule has 0 radical (unpaired) electrons. The molecule has 1 heterocycles. The van der Waals surface area contributed by atoms with E-state index in [2.05, 4.69) is 32.2 Å². The summed E-state index contributed by atoms with van der Waals surface area (Å²) in [6.45, 7) is 2.96. The van der Waals surface area contributed by atoms with Crippen LogP contribution in [-0.4, -0.2) is 56.0 Å². The third-order valence-electron chi connectivity index (χ3n) is 2.34. The van der Waals surface area contributed by atoms with E-state index in [-0.39, 0.29) is 0 Å². The van der Waals surface area contributed by atoms with Crippen LogP contribution in [0.3, 0.4) is 0 Å². The third-order valence-corrected chi connectivity index (χ3v) is 2.34. The molecule has 7 nitrogen and oxygen atoms in total. The minimum atomic E-state index is 0.502. The van der Waals surface area contributed by atoms with Gasteiger partial charge < -0.3 is 15.1 Å². The zero-order chi connectivity index (χ0) is 14.3. The molecule has 0 aliphatic rings. The number of aliphatic imine (C=N–C) groups is 1. The van der Waals surface area contributed by atoms with E-state index >= 15 is 0 Å². The van der Waals surface area contributed by atoms with Gasteiger partial charge in [0, 0.05) is 34.7 Å².